The van der Waals surface area contributed by atoms with Crippen LogP contribution in [0.1, 0.15) is 10.6 Å². The molecule has 0 aliphatic carbocycles. The van der Waals surface area contributed by atoms with Gasteiger partial charge in [0, 0.05) is 6.26 Å². The number of carbonyl (C=O) groups is 1. The summed E-state index contributed by atoms with van der Waals surface area (Å²) < 4.78 is 30.9. The Balaban J connectivity index is 3.07. The standard InChI is InChI=1S/C7H8O5S/c1-11-7(8)5-3-4-6(12-5)13(2,9)10/h3-4H,1-2H3. The monoisotopic (exact) mass is 204 g/mol. The van der Waals surface area contributed by atoms with Crippen molar-refractivity contribution in [3.8, 4) is 0 Å². The van der Waals surface area contributed by atoms with Crippen molar-refractivity contribution in [2.45, 2.75) is 5.09 Å². The normalized spacial score (nSPS) is 11.2. The maximum Gasteiger partial charge on any atom is 0.374 e. The van der Waals surface area contributed by atoms with Gasteiger partial charge in [-0.25, -0.2) is 13.2 Å². The SMILES string of the molecule is COC(=O)c1ccc(S(C)(=O)=O)o1. The van der Waals surface area contributed by atoms with Crippen molar-refractivity contribution in [3.05, 3.63) is 17.9 Å². The number of methoxy groups -OCH3 is 1. The number of furan rings is 1. The second kappa shape index (κ2) is 3.21. The third kappa shape index (κ3) is 2.09. The van der Waals surface area contributed by atoms with Crippen molar-refractivity contribution >= 4 is 15.8 Å². The van der Waals surface area contributed by atoms with Crippen molar-refractivity contribution in [3.63, 3.8) is 0 Å². The fourth-order valence-electron chi connectivity index (χ4n) is 0.730. The van der Waals surface area contributed by atoms with Gasteiger partial charge >= 0.3 is 5.97 Å². The first kappa shape index (κ1) is 9.79. The molecule has 1 heterocycles. The number of hydrogen-bond donors (Lipinski definition) is 0. The van der Waals surface area contributed by atoms with Crippen LogP contribution in [0, 0.1) is 0 Å². The molecule has 5 nitrogen and oxygen atoms in total. The third-order valence-electron chi connectivity index (χ3n) is 1.33. The first-order valence-electron chi connectivity index (χ1n) is 3.33. The first-order chi connectivity index (χ1) is 5.95. The van der Waals surface area contributed by atoms with Crippen LogP contribution >= 0.6 is 0 Å². The Bertz CT molecular complexity index is 414. The van der Waals surface area contributed by atoms with Gasteiger partial charge in [0.2, 0.25) is 20.7 Å². The highest BCUT2D eigenvalue weighted by Gasteiger charge is 2.16. The van der Waals surface area contributed by atoms with Crippen LogP contribution in [0.15, 0.2) is 21.6 Å². The van der Waals surface area contributed by atoms with E-state index in [0.717, 1.165) is 6.26 Å². The minimum atomic E-state index is -3.40. The highest BCUT2D eigenvalue weighted by Crippen LogP contribution is 2.13. The van der Waals surface area contributed by atoms with E-state index in [9.17, 15) is 13.2 Å². The molecular weight excluding hydrogens is 196 g/mol. The molecule has 0 bridgehead atoms. The predicted molar refractivity (Wildman–Crippen MR) is 43.2 cm³/mol. The molecule has 0 unspecified atom stereocenters. The number of carbonyl (C=O) groups excluding carboxylic acids is 1. The van der Waals surface area contributed by atoms with Gasteiger partial charge in [-0.05, 0) is 12.1 Å². The third-order valence-corrected chi connectivity index (χ3v) is 2.28. The Morgan fingerprint density at radius 1 is 1.46 bits per heavy atom. The zero-order valence-electron chi connectivity index (χ0n) is 7.10. The van der Waals surface area contributed by atoms with E-state index in [4.69, 9.17) is 4.42 Å². The fraction of sp³-hybridized carbons (Fsp3) is 0.286. The van der Waals surface area contributed by atoms with Crippen molar-refractivity contribution < 1.29 is 22.4 Å². The van der Waals surface area contributed by atoms with Gasteiger partial charge in [0.15, 0.2) is 0 Å². The van der Waals surface area contributed by atoms with E-state index >= 15 is 0 Å². The van der Waals surface area contributed by atoms with E-state index in [1.165, 1.54) is 19.2 Å². The number of sulfone groups is 1. The Hall–Kier alpha value is -1.30. The maximum absolute atomic E-state index is 10.9. The highest BCUT2D eigenvalue weighted by atomic mass is 32.2. The Morgan fingerprint density at radius 2 is 2.08 bits per heavy atom. The molecule has 6 heteroatoms. The summed E-state index contributed by atoms with van der Waals surface area (Å²) >= 11 is 0. The Morgan fingerprint density at radius 3 is 2.46 bits per heavy atom. The van der Waals surface area contributed by atoms with Crippen LogP contribution in [0.25, 0.3) is 0 Å². The molecule has 0 atom stereocenters. The summed E-state index contributed by atoms with van der Waals surface area (Å²) in [6.45, 7) is 0. The average molecular weight is 204 g/mol. The van der Waals surface area contributed by atoms with Gasteiger partial charge in [-0.2, -0.15) is 0 Å². The smallest absolute Gasteiger partial charge is 0.374 e. The molecular formula is C7H8O5S. The lowest BCUT2D eigenvalue weighted by Crippen LogP contribution is -1.99. The number of rotatable bonds is 2. The first-order valence-corrected chi connectivity index (χ1v) is 5.22. The molecule has 1 aromatic rings. The molecule has 72 valence electrons. The quantitative estimate of drug-likeness (QED) is 0.654. The van der Waals surface area contributed by atoms with E-state index in [1.54, 1.807) is 0 Å². The van der Waals surface area contributed by atoms with Crippen LogP contribution in [0.2, 0.25) is 0 Å². The minimum absolute atomic E-state index is 0.122. The average Bonchev–Trinajstić information content (AvgIpc) is 2.50. The highest BCUT2D eigenvalue weighted by molar-refractivity contribution is 7.90. The van der Waals surface area contributed by atoms with Gasteiger partial charge in [0.1, 0.15) is 0 Å². The minimum Gasteiger partial charge on any atom is -0.463 e. The van der Waals surface area contributed by atoms with Crippen LogP contribution in [0.3, 0.4) is 0 Å². The lowest BCUT2D eigenvalue weighted by Gasteiger charge is -1.92. The van der Waals surface area contributed by atoms with E-state index < -0.39 is 15.8 Å². The summed E-state index contributed by atoms with van der Waals surface area (Å²) in [5.41, 5.74) is 0. The van der Waals surface area contributed by atoms with E-state index in [1.807, 2.05) is 0 Å². The molecule has 0 aromatic carbocycles. The van der Waals surface area contributed by atoms with Crippen LogP contribution in [0.5, 0.6) is 0 Å². The zero-order valence-corrected chi connectivity index (χ0v) is 7.92. The van der Waals surface area contributed by atoms with Crippen molar-refractivity contribution in [2.24, 2.45) is 0 Å². The maximum atomic E-state index is 10.9. The number of esters is 1. The fourth-order valence-corrected chi connectivity index (χ4v) is 1.29. The zero-order chi connectivity index (χ0) is 10.1. The second-order valence-electron chi connectivity index (χ2n) is 2.38. The second-order valence-corrected chi connectivity index (χ2v) is 4.33. The van der Waals surface area contributed by atoms with Crippen molar-refractivity contribution in [1.29, 1.82) is 0 Å². The van der Waals surface area contributed by atoms with Gasteiger partial charge in [0.25, 0.3) is 0 Å². The molecule has 0 aliphatic rings. The molecule has 13 heavy (non-hydrogen) atoms. The summed E-state index contributed by atoms with van der Waals surface area (Å²) in [5, 5.41) is -0.243. The Kier molecular flexibility index (Phi) is 2.42. The molecule has 0 fully saturated rings. The van der Waals surface area contributed by atoms with Gasteiger partial charge in [-0.15, -0.1) is 0 Å². The molecule has 1 rings (SSSR count). The van der Waals surface area contributed by atoms with Crippen LogP contribution in [0.4, 0.5) is 0 Å². The van der Waals surface area contributed by atoms with Gasteiger partial charge < -0.3 is 9.15 Å². The largest absolute Gasteiger partial charge is 0.463 e. The van der Waals surface area contributed by atoms with Crippen molar-refractivity contribution in [1.82, 2.24) is 0 Å². The lowest BCUT2D eigenvalue weighted by molar-refractivity contribution is 0.0559. The predicted octanol–water partition coefficient (Wildman–Crippen LogP) is 0.470. The summed E-state index contributed by atoms with van der Waals surface area (Å²) in [4.78, 5) is 10.8. The number of hydrogen-bond acceptors (Lipinski definition) is 5. The van der Waals surface area contributed by atoms with E-state index in [-0.39, 0.29) is 10.9 Å². The summed E-state index contributed by atoms with van der Waals surface area (Å²) in [5.74, 6) is -0.821. The molecule has 0 aliphatic heterocycles. The molecule has 0 saturated heterocycles. The van der Waals surface area contributed by atoms with Crippen LogP contribution < -0.4 is 0 Å². The Labute approximate surface area is 75.2 Å². The van der Waals surface area contributed by atoms with Crippen molar-refractivity contribution in [2.75, 3.05) is 13.4 Å². The lowest BCUT2D eigenvalue weighted by atomic mass is 10.5. The molecule has 0 saturated carbocycles. The molecule has 0 spiro atoms. The molecule has 1 aromatic heterocycles. The molecule has 0 amide bonds. The molecule has 0 radical (unpaired) electrons. The van der Waals surface area contributed by atoms with Gasteiger partial charge in [-0.1, -0.05) is 0 Å². The summed E-state index contributed by atoms with van der Waals surface area (Å²) in [6.07, 6.45) is 0.993. The summed E-state index contributed by atoms with van der Waals surface area (Å²) in [6, 6.07) is 2.46. The van der Waals surface area contributed by atoms with Crippen LogP contribution in [-0.2, 0) is 14.6 Å². The van der Waals surface area contributed by atoms with Gasteiger partial charge in [-0.3, -0.25) is 0 Å². The topological polar surface area (TPSA) is 73.6 Å². The molecule has 0 N–H and O–H groups in total. The van der Waals surface area contributed by atoms with E-state index in [0.29, 0.717) is 0 Å². The summed E-state index contributed by atoms with van der Waals surface area (Å²) in [7, 11) is -2.21. The van der Waals surface area contributed by atoms with Crippen LogP contribution in [-0.4, -0.2) is 27.8 Å². The van der Waals surface area contributed by atoms with Gasteiger partial charge in [0.05, 0.1) is 7.11 Å². The van der Waals surface area contributed by atoms with E-state index in [2.05, 4.69) is 4.74 Å². The number of ether oxygens (including phenoxy) is 1.